The number of rotatable bonds is 5. The third-order valence-corrected chi connectivity index (χ3v) is 5.44. The minimum absolute atomic E-state index is 0.0824. The number of hydrogen-bond acceptors (Lipinski definition) is 4. The minimum Gasteiger partial charge on any atom is -0.341 e. The fourth-order valence-electron chi connectivity index (χ4n) is 3.61. The van der Waals surface area contributed by atoms with Crippen molar-refractivity contribution in [3.63, 3.8) is 0 Å². The Kier molecular flexibility index (Phi) is 6.11. The molecule has 3 N–H and O–H groups in total. The van der Waals surface area contributed by atoms with E-state index in [1.54, 1.807) is 0 Å². The maximum Gasteiger partial charge on any atom is 0.241 e. The van der Waals surface area contributed by atoms with E-state index in [1.807, 2.05) is 29.2 Å². The van der Waals surface area contributed by atoms with Crippen LogP contribution in [0.5, 0.6) is 0 Å². The van der Waals surface area contributed by atoms with Crippen molar-refractivity contribution >= 4 is 17.5 Å². The molecule has 2 saturated heterocycles. The van der Waals surface area contributed by atoms with E-state index in [2.05, 4.69) is 23.1 Å². The zero-order valence-electron chi connectivity index (χ0n) is 14.2. The molecule has 1 aromatic rings. The highest BCUT2D eigenvalue weighted by Gasteiger charge is 2.34. The lowest BCUT2D eigenvalue weighted by Crippen LogP contribution is -2.49. The van der Waals surface area contributed by atoms with Crippen molar-refractivity contribution in [3.05, 3.63) is 34.9 Å². The highest BCUT2D eigenvalue weighted by Crippen LogP contribution is 2.29. The van der Waals surface area contributed by atoms with Crippen LogP contribution in [0, 0.1) is 5.92 Å². The average Bonchev–Trinajstić information content (AvgIpc) is 3.10. The van der Waals surface area contributed by atoms with Crippen LogP contribution in [0.1, 0.15) is 37.8 Å². The van der Waals surface area contributed by atoms with E-state index < -0.39 is 0 Å². The van der Waals surface area contributed by atoms with Gasteiger partial charge >= 0.3 is 0 Å². The molecule has 0 aromatic heterocycles. The monoisotopic (exact) mass is 350 g/mol. The van der Waals surface area contributed by atoms with Gasteiger partial charge in [0.15, 0.2) is 0 Å². The molecular formula is C18H27ClN4O. The van der Waals surface area contributed by atoms with Crippen molar-refractivity contribution in [2.45, 2.75) is 38.3 Å². The van der Waals surface area contributed by atoms with E-state index in [0.29, 0.717) is 5.92 Å². The second-order valence-corrected chi connectivity index (χ2v) is 7.13. The summed E-state index contributed by atoms with van der Waals surface area (Å²) in [5, 5.41) is 4.15. The van der Waals surface area contributed by atoms with E-state index in [0.717, 1.165) is 56.0 Å². The van der Waals surface area contributed by atoms with Crippen LogP contribution >= 0.6 is 11.6 Å². The van der Waals surface area contributed by atoms with Gasteiger partial charge in [-0.05, 0) is 49.9 Å². The van der Waals surface area contributed by atoms with Crippen molar-refractivity contribution < 1.29 is 4.79 Å². The fourth-order valence-corrected chi connectivity index (χ4v) is 3.87. The van der Waals surface area contributed by atoms with E-state index in [1.165, 1.54) is 0 Å². The molecule has 0 aliphatic carbocycles. The lowest BCUT2D eigenvalue weighted by atomic mass is 9.95. The third-order valence-electron chi connectivity index (χ3n) is 5.09. The number of amides is 1. The largest absolute Gasteiger partial charge is 0.341 e. The van der Waals surface area contributed by atoms with Crippen molar-refractivity contribution in [3.8, 4) is 0 Å². The minimum atomic E-state index is -0.170. The molecule has 2 unspecified atom stereocenters. The molecule has 0 radical (unpaired) electrons. The van der Waals surface area contributed by atoms with Crippen molar-refractivity contribution in [2.24, 2.45) is 5.92 Å². The summed E-state index contributed by atoms with van der Waals surface area (Å²) in [4.78, 5) is 14.8. The number of piperidine rings is 1. The maximum atomic E-state index is 12.8. The first-order chi connectivity index (χ1) is 11.7. The lowest BCUT2D eigenvalue weighted by molar-refractivity contribution is -0.134. The van der Waals surface area contributed by atoms with Gasteiger partial charge in [-0.1, -0.05) is 36.7 Å². The van der Waals surface area contributed by atoms with Crippen LogP contribution in [0.2, 0.25) is 5.02 Å². The molecule has 2 atom stereocenters. The first kappa shape index (κ1) is 17.7. The first-order valence-electron chi connectivity index (χ1n) is 8.94. The Labute approximate surface area is 149 Å². The van der Waals surface area contributed by atoms with Gasteiger partial charge in [-0.2, -0.15) is 0 Å². The topological polar surface area (TPSA) is 56.4 Å². The molecular weight excluding hydrogens is 324 g/mol. The van der Waals surface area contributed by atoms with E-state index in [4.69, 9.17) is 11.6 Å². The summed E-state index contributed by atoms with van der Waals surface area (Å²) in [7, 11) is 0. The van der Waals surface area contributed by atoms with E-state index in [-0.39, 0.29) is 18.0 Å². The van der Waals surface area contributed by atoms with Crippen LogP contribution in [0.25, 0.3) is 0 Å². The van der Waals surface area contributed by atoms with Gasteiger partial charge < -0.3 is 10.2 Å². The fraction of sp³-hybridized carbons (Fsp3) is 0.611. The summed E-state index contributed by atoms with van der Waals surface area (Å²) in [6.07, 6.45) is 2.92. The molecule has 1 amide bonds. The van der Waals surface area contributed by atoms with Crippen molar-refractivity contribution in [1.82, 2.24) is 21.1 Å². The predicted octanol–water partition coefficient (Wildman–Crippen LogP) is 2.10. The van der Waals surface area contributed by atoms with Gasteiger partial charge in [0.25, 0.3) is 0 Å². The van der Waals surface area contributed by atoms with Gasteiger partial charge in [-0.3, -0.25) is 4.79 Å². The number of nitrogens with zero attached hydrogens (tertiary/aromatic N) is 1. The second kappa shape index (κ2) is 8.30. The summed E-state index contributed by atoms with van der Waals surface area (Å²) >= 11 is 6.27. The molecule has 3 rings (SSSR count). The standard InChI is InChI=1S/C18H27ClN4O/c1-2-20-12-13-7-9-23(10-8-13)18(24)17-11-16(21-22-17)14-5-3-4-6-15(14)19/h3-6,13,16-17,20-22H,2,7-12H2,1H3. The number of hydrazine groups is 1. The Morgan fingerprint density at radius 1 is 1.29 bits per heavy atom. The Balaban J connectivity index is 1.51. The molecule has 2 heterocycles. The molecule has 1 aromatic carbocycles. The van der Waals surface area contributed by atoms with Gasteiger partial charge in [-0.25, -0.2) is 10.9 Å². The van der Waals surface area contributed by atoms with Gasteiger partial charge in [-0.15, -0.1) is 0 Å². The van der Waals surface area contributed by atoms with Crippen molar-refractivity contribution in [1.29, 1.82) is 0 Å². The molecule has 5 nitrogen and oxygen atoms in total. The smallest absolute Gasteiger partial charge is 0.241 e. The maximum absolute atomic E-state index is 12.8. The number of likely N-dealkylation sites (tertiary alicyclic amines) is 1. The zero-order valence-corrected chi connectivity index (χ0v) is 15.0. The molecule has 24 heavy (non-hydrogen) atoms. The van der Waals surface area contributed by atoms with Crippen LogP contribution < -0.4 is 16.2 Å². The quantitative estimate of drug-likeness (QED) is 0.761. The molecule has 2 aliphatic rings. The van der Waals surface area contributed by atoms with Crippen LogP contribution in [-0.4, -0.2) is 43.0 Å². The Hall–Kier alpha value is -1.14. The first-order valence-corrected chi connectivity index (χ1v) is 9.31. The SMILES string of the molecule is CCNCC1CCN(C(=O)C2CC(c3ccccc3Cl)NN2)CC1. The highest BCUT2D eigenvalue weighted by atomic mass is 35.5. The average molecular weight is 351 g/mol. The summed E-state index contributed by atoms with van der Waals surface area (Å²) in [6.45, 7) is 5.94. The summed E-state index contributed by atoms with van der Waals surface area (Å²) in [5.41, 5.74) is 7.44. The van der Waals surface area contributed by atoms with Gasteiger partial charge in [0, 0.05) is 24.2 Å². The molecule has 0 bridgehead atoms. The third kappa shape index (κ3) is 4.09. The van der Waals surface area contributed by atoms with Crippen molar-refractivity contribution in [2.75, 3.05) is 26.2 Å². The Morgan fingerprint density at radius 2 is 2.04 bits per heavy atom. The number of carbonyl (C=O) groups excluding carboxylic acids is 1. The van der Waals surface area contributed by atoms with E-state index >= 15 is 0 Å². The summed E-state index contributed by atoms with van der Waals surface area (Å²) < 4.78 is 0. The molecule has 2 aliphatic heterocycles. The molecule has 2 fully saturated rings. The van der Waals surface area contributed by atoms with Crippen LogP contribution in [-0.2, 0) is 4.79 Å². The highest BCUT2D eigenvalue weighted by molar-refractivity contribution is 6.31. The van der Waals surface area contributed by atoms with Gasteiger partial charge in [0.2, 0.25) is 5.91 Å². The molecule has 0 spiro atoms. The zero-order chi connectivity index (χ0) is 16.9. The number of benzene rings is 1. The summed E-state index contributed by atoms with van der Waals surface area (Å²) in [6, 6.07) is 7.72. The number of halogens is 1. The number of nitrogens with one attached hydrogen (secondary N) is 3. The second-order valence-electron chi connectivity index (χ2n) is 6.73. The number of carbonyl (C=O) groups is 1. The number of hydrogen-bond donors (Lipinski definition) is 3. The van der Waals surface area contributed by atoms with Crippen LogP contribution in [0.15, 0.2) is 24.3 Å². The van der Waals surface area contributed by atoms with Crippen LogP contribution in [0.3, 0.4) is 0 Å². The normalized spacial score (nSPS) is 25.2. The molecule has 0 saturated carbocycles. The molecule has 6 heteroatoms. The lowest BCUT2D eigenvalue weighted by Gasteiger charge is -2.33. The summed E-state index contributed by atoms with van der Waals surface area (Å²) in [5.74, 6) is 0.901. The van der Waals surface area contributed by atoms with Crippen LogP contribution in [0.4, 0.5) is 0 Å². The van der Waals surface area contributed by atoms with Gasteiger partial charge in [0.05, 0.1) is 0 Å². The van der Waals surface area contributed by atoms with Gasteiger partial charge in [0.1, 0.15) is 6.04 Å². The predicted molar refractivity (Wildman–Crippen MR) is 96.7 cm³/mol. The molecule has 132 valence electrons. The van der Waals surface area contributed by atoms with E-state index in [9.17, 15) is 4.79 Å². The Morgan fingerprint density at radius 3 is 2.75 bits per heavy atom. The Bertz CT molecular complexity index is 560.